The van der Waals surface area contributed by atoms with Gasteiger partial charge in [-0.15, -0.1) is 0 Å². The SMILES string of the molecule is CC(C)S(=O)(=O)c1ccc(C(F)(F)F)cc1N1CCC(C(=O)O)CC1. The van der Waals surface area contributed by atoms with Crippen molar-refractivity contribution in [3.05, 3.63) is 23.8 Å². The molecular formula is C16H20F3NO4S. The molecule has 2 rings (SSSR count). The number of anilines is 1. The number of piperidine rings is 1. The summed E-state index contributed by atoms with van der Waals surface area (Å²) in [6.07, 6.45) is -4.08. The van der Waals surface area contributed by atoms with Crippen LogP contribution in [0.3, 0.4) is 0 Å². The molecule has 5 nitrogen and oxygen atoms in total. The predicted molar refractivity (Wildman–Crippen MR) is 86.3 cm³/mol. The van der Waals surface area contributed by atoms with Gasteiger partial charge in [0.25, 0.3) is 0 Å². The van der Waals surface area contributed by atoms with Crippen LogP contribution in [0.25, 0.3) is 0 Å². The molecule has 1 heterocycles. The van der Waals surface area contributed by atoms with Crippen LogP contribution in [0.1, 0.15) is 32.3 Å². The van der Waals surface area contributed by atoms with E-state index in [2.05, 4.69) is 0 Å². The molecule has 0 aromatic heterocycles. The molecule has 0 bridgehead atoms. The average Bonchev–Trinajstić information content (AvgIpc) is 2.53. The summed E-state index contributed by atoms with van der Waals surface area (Å²) in [5.41, 5.74) is -0.932. The van der Waals surface area contributed by atoms with Crippen molar-refractivity contribution in [1.29, 1.82) is 0 Å². The van der Waals surface area contributed by atoms with E-state index in [4.69, 9.17) is 5.11 Å². The zero-order valence-corrected chi connectivity index (χ0v) is 14.7. The van der Waals surface area contributed by atoms with Crippen molar-refractivity contribution in [1.82, 2.24) is 0 Å². The molecule has 1 saturated heterocycles. The van der Waals surface area contributed by atoms with Crippen molar-refractivity contribution in [2.24, 2.45) is 5.92 Å². The molecule has 1 aliphatic rings. The molecule has 0 saturated carbocycles. The fraction of sp³-hybridized carbons (Fsp3) is 0.562. The summed E-state index contributed by atoms with van der Waals surface area (Å²) in [6, 6.07) is 2.61. The fourth-order valence-electron chi connectivity index (χ4n) is 2.80. The lowest BCUT2D eigenvalue weighted by molar-refractivity contribution is -0.142. The van der Waals surface area contributed by atoms with Gasteiger partial charge >= 0.3 is 12.1 Å². The third-order valence-corrected chi connectivity index (χ3v) is 6.60. The minimum atomic E-state index is -4.59. The van der Waals surface area contributed by atoms with Gasteiger partial charge in [-0.05, 0) is 44.9 Å². The maximum absolute atomic E-state index is 13.0. The number of nitrogens with zero attached hydrogens (tertiary/aromatic N) is 1. The van der Waals surface area contributed by atoms with Crippen LogP contribution in [0.5, 0.6) is 0 Å². The first-order valence-electron chi connectivity index (χ1n) is 7.87. The number of alkyl halides is 3. The van der Waals surface area contributed by atoms with Crippen molar-refractivity contribution in [3.8, 4) is 0 Å². The second-order valence-corrected chi connectivity index (χ2v) is 8.85. The Balaban J connectivity index is 2.48. The Bertz CT molecular complexity index is 751. The average molecular weight is 379 g/mol. The summed E-state index contributed by atoms with van der Waals surface area (Å²) < 4.78 is 64.2. The second kappa shape index (κ2) is 6.86. The third-order valence-electron chi connectivity index (χ3n) is 4.40. The van der Waals surface area contributed by atoms with E-state index in [1.807, 2.05) is 0 Å². The number of carboxylic acids is 1. The highest BCUT2D eigenvalue weighted by Crippen LogP contribution is 2.37. The van der Waals surface area contributed by atoms with Gasteiger partial charge in [0.1, 0.15) is 0 Å². The molecule has 1 aliphatic heterocycles. The molecule has 0 aliphatic carbocycles. The Labute approximate surface area is 144 Å². The van der Waals surface area contributed by atoms with E-state index in [1.54, 1.807) is 0 Å². The van der Waals surface area contributed by atoms with E-state index in [1.165, 1.54) is 18.7 Å². The smallest absolute Gasteiger partial charge is 0.416 e. The summed E-state index contributed by atoms with van der Waals surface area (Å²) in [6.45, 7) is 3.32. The Morgan fingerprint density at radius 1 is 1.24 bits per heavy atom. The summed E-state index contributed by atoms with van der Waals surface area (Å²) in [5.74, 6) is -1.51. The van der Waals surface area contributed by atoms with Gasteiger partial charge in [-0.25, -0.2) is 8.42 Å². The quantitative estimate of drug-likeness (QED) is 0.870. The molecule has 0 spiro atoms. The zero-order valence-electron chi connectivity index (χ0n) is 13.9. The summed E-state index contributed by atoms with van der Waals surface area (Å²) in [4.78, 5) is 12.4. The lowest BCUT2D eigenvalue weighted by Crippen LogP contribution is -2.37. The van der Waals surface area contributed by atoms with Crippen LogP contribution in [-0.2, 0) is 20.8 Å². The number of carboxylic acid groups (broad SMARTS) is 1. The first-order chi connectivity index (χ1) is 11.4. The van der Waals surface area contributed by atoms with Crippen LogP contribution < -0.4 is 4.90 Å². The number of aliphatic carboxylic acids is 1. The van der Waals surface area contributed by atoms with Crippen molar-refractivity contribution < 1.29 is 31.5 Å². The zero-order chi connectivity index (χ0) is 19.0. The van der Waals surface area contributed by atoms with Crippen LogP contribution in [0.4, 0.5) is 18.9 Å². The van der Waals surface area contributed by atoms with E-state index in [-0.39, 0.29) is 36.5 Å². The van der Waals surface area contributed by atoms with Crippen molar-refractivity contribution >= 4 is 21.5 Å². The lowest BCUT2D eigenvalue weighted by atomic mass is 9.96. The summed E-state index contributed by atoms with van der Waals surface area (Å²) >= 11 is 0. The van der Waals surface area contributed by atoms with Gasteiger partial charge in [0.2, 0.25) is 0 Å². The van der Waals surface area contributed by atoms with E-state index in [0.29, 0.717) is 0 Å². The van der Waals surface area contributed by atoms with Gasteiger partial charge in [0.15, 0.2) is 9.84 Å². The molecular weight excluding hydrogens is 359 g/mol. The molecule has 0 amide bonds. The first kappa shape index (κ1) is 19.6. The van der Waals surface area contributed by atoms with Gasteiger partial charge in [-0.1, -0.05) is 0 Å². The molecule has 25 heavy (non-hydrogen) atoms. The predicted octanol–water partition coefficient (Wildman–Crippen LogP) is 3.19. The van der Waals surface area contributed by atoms with Crippen LogP contribution in [0.15, 0.2) is 23.1 Å². The molecule has 9 heteroatoms. The van der Waals surface area contributed by atoms with Gasteiger partial charge in [-0.3, -0.25) is 4.79 Å². The molecule has 0 unspecified atom stereocenters. The largest absolute Gasteiger partial charge is 0.481 e. The van der Waals surface area contributed by atoms with Gasteiger partial charge < -0.3 is 10.0 Å². The number of hydrogen-bond donors (Lipinski definition) is 1. The Kier molecular flexibility index (Phi) is 5.36. The molecule has 0 radical (unpaired) electrons. The van der Waals surface area contributed by atoms with Crippen molar-refractivity contribution in [2.75, 3.05) is 18.0 Å². The minimum absolute atomic E-state index is 0.00707. The second-order valence-electron chi connectivity index (χ2n) is 6.37. The molecule has 140 valence electrons. The summed E-state index contributed by atoms with van der Waals surface area (Å²) in [7, 11) is -3.77. The van der Waals surface area contributed by atoms with E-state index < -0.39 is 38.7 Å². The topological polar surface area (TPSA) is 74.7 Å². The van der Waals surface area contributed by atoms with E-state index >= 15 is 0 Å². The standard InChI is InChI=1S/C16H20F3NO4S/c1-10(2)25(23,24)14-4-3-12(16(17,18)19)9-13(14)20-7-5-11(6-8-20)15(21)22/h3-4,9-11H,5-8H2,1-2H3,(H,21,22). The Morgan fingerprint density at radius 2 is 1.80 bits per heavy atom. The highest BCUT2D eigenvalue weighted by atomic mass is 32.2. The number of rotatable bonds is 4. The van der Waals surface area contributed by atoms with Gasteiger partial charge in [-0.2, -0.15) is 13.2 Å². The van der Waals surface area contributed by atoms with Crippen molar-refractivity contribution in [3.63, 3.8) is 0 Å². The van der Waals surface area contributed by atoms with Gasteiger partial charge in [0, 0.05) is 13.1 Å². The minimum Gasteiger partial charge on any atom is -0.481 e. The Hall–Kier alpha value is -1.77. The Morgan fingerprint density at radius 3 is 2.24 bits per heavy atom. The normalized spacial score (nSPS) is 17.1. The highest BCUT2D eigenvalue weighted by molar-refractivity contribution is 7.92. The fourth-order valence-corrected chi connectivity index (χ4v) is 4.05. The number of benzene rings is 1. The monoisotopic (exact) mass is 379 g/mol. The molecule has 1 N–H and O–H groups in total. The molecule has 0 atom stereocenters. The molecule has 1 fully saturated rings. The number of carbonyl (C=O) groups is 1. The van der Waals surface area contributed by atoms with E-state index in [9.17, 15) is 26.4 Å². The maximum Gasteiger partial charge on any atom is 0.416 e. The summed E-state index contributed by atoms with van der Waals surface area (Å²) in [5, 5.41) is 8.26. The lowest BCUT2D eigenvalue weighted by Gasteiger charge is -2.33. The highest BCUT2D eigenvalue weighted by Gasteiger charge is 2.35. The third kappa shape index (κ3) is 4.08. The first-order valence-corrected chi connectivity index (χ1v) is 9.42. The number of sulfone groups is 1. The van der Waals surface area contributed by atoms with Crippen molar-refractivity contribution in [2.45, 2.75) is 43.0 Å². The maximum atomic E-state index is 13.0. The molecule has 1 aromatic carbocycles. The van der Waals surface area contributed by atoms with E-state index in [0.717, 1.165) is 18.2 Å². The molecule has 1 aromatic rings. The van der Waals surface area contributed by atoms with Crippen LogP contribution in [0.2, 0.25) is 0 Å². The number of halogens is 3. The van der Waals surface area contributed by atoms with Crippen LogP contribution >= 0.6 is 0 Å². The van der Waals surface area contributed by atoms with Crippen LogP contribution in [-0.4, -0.2) is 37.8 Å². The van der Waals surface area contributed by atoms with Crippen LogP contribution in [0, 0.1) is 5.92 Å². The number of hydrogen-bond acceptors (Lipinski definition) is 4. The van der Waals surface area contributed by atoms with Gasteiger partial charge in [0.05, 0.1) is 27.3 Å².